The smallest absolute Gasteiger partial charge is 0.260 e. The number of rotatable bonds is 4. The first kappa shape index (κ1) is 12.4. The second-order valence-corrected chi connectivity index (χ2v) is 4.20. The van der Waals surface area contributed by atoms with E-state index in [1.807, 2.05) is 30.3 Å². The lowest BCUT2D eigenvalue weighted by atomic mass is 9.87. The molecule has 0 saturated carbocycles. The predicted octanol–water partition coefficient (Wildman–Crippen LogP) is 0.567. The summed E-state index contributed by atoms with van der Waals surface area (Å²) in [7, 11) is 0. The van der Waals surface area contributed by atoms with Gasteiger partial charge >= 0.3 is 0 Å². The highest BCUT2D eigenvalue weighted by atomic mass is 16.3. The monoisotopic (exact) mass is 246 g/mol. The molecule has 1 aromatic rings. The number of carbonyl (C=O) groups excluding carboxylic acids is 1. The van der Waals surface area contributed by atoms with Gasteiger partial charge in [-0.2, -0.15) is 0 Å². The Balaban J connectivity index is 2.16. The summed E-state index contributed by atoms with van der Waals surface area (Å²) in [6.45, 7) is 0. The molecule has 1 amide bonds. The average molecular weight is 246 g/mol. The van der Waals surface area contributed by atoms with Crippen molar-refractivity contribution >= 4 is 12.2 Å². The number of benzene rings is 1. The molecule has 0 spiro atoms. The fourth-order valence-corrected chi connectivity index (χ4v) is 1.94. The Morgan fingerprint density at radius 3 is 2.72 bits per heavy atom. The van der Waals surface area contributed by atoms with Crippen molar-refractivity contribution in [1.29, 1.82) is 0 Å². The molecule has 1 heterocycles. The zero-order valence-corrected chi connectivity index (χ0v) is 9.74. The first-order valence-electron chi connectivity index (χ1n) is 5.66. The van der Waals surface area contributed by atoms with Gasteiger partial charge in [0.25, 0.3) is 5.91 Å². The highest BCUT2D eigenvalue weighted by Gasteiger charge is 2.47. The second kappa shape index (κ2) is 5.05. The minimum atomic E-state index is -1.51. The summed E-state index contributed by atoms with van der Waals surface area (Å²) in [4.78, 5) is 26.7. The van der Waals surface area contributed by atoms with Crippen molar-refractivity contribution in [2.24, 2.45) is 15.9 Å². The zero-order valence-electron chi connectivity index (χ0n) is 9.74. The van der Waals surface area contributed by atoms with E-state index in [9.17, 15) is 9.70 Å². The number of aryl methyl sites for hydroxylation is 1. The maximum atomic E-state index is 11.8. The topological polar surface area (TPSA) is 96.9 Å². The lowest BCUT2D eigenvalue weighted by molar-refractivity contribution is -0.126. The van der Waals surface area contributed by atoms with Crippen molar-refractivity contribution in [3.8, 4) is 0 Å². The average Bonchev–Trinajstić information content (AvgIpc) is 2.40. The van der Waals surface area contributed by atoms with E-state index in [2.05, 4.69) is 15.5 Å². The Kier molecular flexibility index (Phi) is 3.47. The summed E-state index contributed by atoms with van der Waals surface area (Å²) in [5.41, 5.74) is 5.24. The van der Waals surface area contributed by atoms with Gasteiger partial charge < -0.3 is 11.1 Å². The number of nitrogens with one attached hydrogen (secondary N) is 1. The lowest BCUT2D eigenvalue weighted by Crippen LogP contribution is -2.59. The molecule has 1 aromatic carbocycles. The molecule has 6 heteroatoms. The van der Waals surface area contributed by atoms with Gasteiger partial charge in [0.1, 0.15) is 6.17 Å². The first-order valence-corrected chi connectivity index (χ1v) is 5.66. The van der Waals surface area contributed by atoms with Gasteiger partial charge in [0.05, 0.1) is 6.34 Å². The van der Waals surface area contributed by atoms with E-state index in [4.69, 9.17) is 5.73 Å². The molecule has 0 aromatic heterocycles. The van der Waals surface area contributed by atoms with Crippen LogP contribution < -0.4 is 11.1 Å². The van der Waals surface area contributed by atoms with Gasteiger partial charge in [-0.1, -0.05) is 30.3 Å². The van der Waals surface area contributed by atoms with Crippen molar-refractivity contribution < 1.29 is 4.79 Å². The molecule has 3 N–H and O–H groups in total. The van der Waals surface area contributed by atoms with Crippen molar-refractivity contribution in [2.45, 2.75) is 24.5 Å². The number of hydrogen-bond donors (Lipinski definition) is 2. The highest BCUT2D eigenvalue weighted by molar-refractivity contribution is 5.97. The lowest BCUT2D eigenvalue weighted by Gasteiger charge is -2.30. The largest absolute Gasteiger partial charge is 0.315 e. The molecule has 6 nitrogen and oxygen atoms in total. The van der Waals surface area contributed by atoms with Crippen LogP contribution in [0.2, 0.25) is 0 Å². The Hall–Kier alpha value is -2.08. The molecular weight excluding hydrogens is 232 g/mol. The molecule has 18 heavy (non-hydrogen) atoms. The maximum Gasteiger partial charge on any atom is 0.260 e. The standard InChI is InChI=1S/C12H14N4O2/c13-10-12(16-18,11(17)15-8-14-10)7-6-9-4-2-1-3-5-9/h1-5,8,10H,6-7,13H2,(H,14,15,17). The summed E-state index contributed by atoms with van der Waals surface area (Å²) in [5, 5.41) is 5.34. The van der Waals surface area contributed by atoms with Gasteiger partial charge in [0.15, 0.2) is 0 Å². The Bertz CT molecular complexity index is 474. The van der Waals surface area contributed by atoms with Gasteiger partial charge in [-0.05, 0) is 23.6 Å². The molecular formula is C12H14N4O2. The van der Waals surface area contributed by atoms with Crippen LogP contribution in [0.3, 0.4) is 0 Å². The number of hydrogen-bond acceptors (Lipinski definition) is 5. The summed E-state index contributed by atoms with van der Waals surface area (Å²) in [6.07, 6.45) is 1.07. The third kappa shape index (κ3) is 2.14. The quantitative estimate of drug-likeness (QED) is 0.760. The number of nitrogens with zero attached hydrogens (tertiary/aromatic N) is 2. The first-order chi connectivity index (χ1) is 8.69. The minimum Gasteiger partial charge on any atom is -0.315 e. The van der Waals surface area contributed by atoms with Crippen molar-refractivity contribution in [3.63, 3.8) is 0 Å². The van der Waals surface area contributed by atoms with Crippen LogP contribution in [0, 0.1) is 4.91 Å². The molecule has 0 radical (unpaired) electrons. The van der Waals surface area contributed by atoms with E-state index in [1.165, 1.54) is 6.34 Å². The van der Waals surface area contributed by atoms with E-state index in [-0.39, 0.29) is 6.42 Å². The zero-order chi connectivity index (χ0) is 13.0. The van der Waals surface area contributed by atoms with E-state index in [0.29, 0.717) is 6.42 Å². The minimum absolute atomic E-state index is 0.241. The van der Waals surface area contributed by atoms with Crippen LogP contribution in [-0.4, -0.2) is 24.0 Å². The fraction of sp³-hybridized carbons (Fsp3) is 0.333. The molecule has 2 unspecified atom stereocenters. The van der Waals surface area contributed by atoms with Gasteiger partial charge in [-0.3, -0.25) is 9.79 Å². The second-order valence-electron chi connectivity index (χ2n) is 4.20. The number of amides is 1. The normalized spacial score (nSPS) is 26.7. The SMILES string of the molecule is NC1N=CNC(=O)C1(CCc1ccccc1)N=O. The summed E-state index contributed by atoms with van der Waals surface area (Å²) < 4.78 is 0. The van der Waals surface area contributed by atoms with Crippen LogP contribution >= 0.6 is 0 Å². The Morgan fingerprint density at radius 1 is 1.39 bits per heavy atom. The molecule has 1 aliphatic rings. The summed E-state index contributed by atoms with van der Waals surface area (Å²) in [5.74, 6) is -0.490. The number of nitroso groups, excluding NO2 is 1. The molecule has 0 fully saturated rings. The van der Waals surface area contributed by atoms with Crippen LogP contribution in [0.5, 0.6) is 0 Å². The van der Waals surface area contributed by atoms with E-state index in [1.54, 1.807) is 0 Å². The maximum absolute atomic E-state index is 11.8. The van der Waals surface area contributed by atoms with Crippen molar-refractivity contribution in [1.82, 2.24) is 5.32 Å². The molecule has 1 aliphatic heterocycles. The molecule has 2 atom stereocenters. The Labute approximate surface area is 104 Å². The van der Waals surface area contributed by atoms with Crippen LogP contribution in [-0.2, 0) is 11.2 Å². The third-order valence-corrected chi connectivity index (χ3v) is 3.11. The molecule has 0 bridgehead atoms. The number of aliphatic imine (C=N–C) groups is 1. The third-order valence-electron chi connectivity index (χ3n) is 3.11. The van der Waals surface area contributed by atoms with Gasteiger partial charge in [0, 0.05) is 0 Å². The molecule has 94 valence electrons. The number of nitrogens with two attached hydrogens (primary N) is 1. The Morgan fingerprint density at radius 2 is 2.11 bits per heavy atom. The van der Waals surface area contributed by atoms with Crippen LogP contribution in [0.25, 0.3) is 0 Å². The summed E-state index contributed by atoms with van der Waals surface area (Å²) in [6, 6.07) is 9.55. The predicted molar refractivity (Wildman–Crippen MR) is 67.9 cm³/mol. The van der Waals surface area contributed by atoms with Crippen molar-refractivity contribution in [2.75, 3.05) is 0 Å². The summed E-state index contributed by atoms with van der Waals surface area (Å²) >= 11 is 0. The van der Waals surface area contributed by atoms with Crippen LogP contribution in [0.1, 0.15) is 12.0 Å². The molecule has 0 aliphatic carbocycles. The highest BCUT2D eigenvalue weighted by Crippen LogP contribution is 2.25. The molecule has 2 rings (SSSR count). The number of carbonyl (C=O) groups is 1. The van der Waals surface area contributed by atoms with Crippen LogP contribution in [0.4, 0.5) is 0 Å². The fourth-order valence-electron chi connectivity index (χ4n) is 1.94. The van der Waals surface area contributed by atoms with Gasteiger partial charge in [-0.25, -0.2) is 0 Å². The van der Waals surface area contributed by atoms with E-state index >= 15 is 0 Å². The van der Waals surface area contributed by atoms with Gasteiger partial charge in [0.2, 0.25) is 5.54 Å². The van der Waals surface area contributed by atoms with Gasteiger partial charge in [-0.15, -0.1) is 4.91 Å². The van der Waals surface area contributed by atoms with Crippen molar-refractivity contribution in [3.05, 3.63) is 40.8 Å². The van der Waals surface area contributed by atoms with E-state index < -0.39 is 17.6 Å². The van der Waals surface area contributed by atoms with E-state index in [0.717, 1.165) is 5.56 Å². The molecule has 0 saturated heterocycles. The van der Waals surface area contributed by atoms with Crippen LogP contribution in [0.15, 0.2) is 40.5 Å².